The van der Waals surface area contributed by atoms with Crippen LogP contribution in [-0.4, -0.2) is 37.8 Å². The lowest BCUT2D eigenvalue weighted by atomic mass is 9.87. The van der Waals surface area contributed by atoms with Crippen LogP contribution in [0.15, 0.2) is 6.33 Å². The number of fused-ring (bicyclic) bond motifs is 5. The molecule has 0 aliphatic heterocycles. The first-order chi connectivity index (χ1) is 10.3. The van der Waals surface area contributed by atoms with Gasteiger partial charge in [-0.2, -0.15) is 9.61 Å². The highest BCUT2D eigenvalue weighted by molar-refractivity contribution is 7.19. The molecule has 1 aliphatic rings. The molecule has 1 aliphatic carbocycles. The van der Waals surface area contributed by atoms with E-state index in [1.165, 1.54) is 23.3 Å². The normalized spacial score (nSPS) is 18.3. The van der Waals surface area contributed by atoms with Gasteiger partial charge >= 0.3 is 0 Å². The van der Waals surface area contributed by atoms with Crippen LogP contribution in [0.25, 0.3) is 15.9 Å². The van der Waals surface area contributed by atoms with E-state index in [2.05, 4.69) is 22.3 Å². The fourth-order valence-corrected chi connectivity index (χ4v) is 4.51. The van der Waals surface area contributed by atoms with Gasteiger partial charge in [0.1, 0.15) is 11.2 Å². The molecule has 0 saturated carbocycles. The van der Waals surface area contributed by atoms with Crippen molar-refractivity contribution in [3.8, 4) is 0 Å². The Morgan fingerprint density at radius 1 is 1.52 bits per heavy atom. The molecule has 3 aromatic heterocycles. The van der Waals surface area contributed by atoms with E-state index in [1.807, 2.05) is 0 Å². The van der Waals surface area contributed by atoms with E-state index < -0.39 is 0 Å². The van der Waals surface area contributed by atoms with Crippen LogP contribution in [0.5, 0.6) is 0 Å². The molecule has 110 valence electrons. The third kappa shape index (κ3) is 1.91. The van der Waals surface area contributed by atoms with Crippen LogP contribution in [0.4, 0.5) is 5.95 Å². The zero-order valence-electron chi connectivity index (χ0n) is 11.8. The number of thiophene rings is 1. The van der Waals surface area contributed by atoms with Crippen LogP contribution in [0, 0.1) is 0 Å². The standard InChI is InChI=1S/C14H17N5OS/c1-8-3-2-4-9-10(8)11-12-16-7-17-19(12)14(15-5-6-20)18-13(11)21-9/h7-8,20H,2-6H2,1H3,(H,15,18)/t8-/m0/s1. The maximum atomic E-state index is 9.00. The largest absolute Gasteiger partial charge is 0.395 e. The number of hydrogen-bond acceptors (Lipinski definition) is 6. The average Bonchev–Trinajstić information content (AvgIpc) is 3.08. The van der Waals surface area contributed by atoms with E-state index in [0.717, 1.165) is 22.3 Å². The molecule has 0 bridgehead atoms. The molecule has 0 fully saturated rings. The Hall–Kier alpha value is -1.73. The van der Waals surface area contributed by atoms with Crippen LogP contribution in [-0.2, 0) is 6.42 Å². The minimum Gasteiger partial charge on any atom is -0.395 e. The number of hydrogen-bond donors (Lipinski definition) is 2. The predicted octanol–water partition coefficient (Wildman–Crippen LogP) is 2.18. The number of anilines is 1. The Morgan fingerprint density at radius 2 is 2.43 bits per heavy atom. The van der Waals surface area contributed by atoms with Gasteiger partial charge in [-0.05, 0) is 30.7 Å². The van der Waals surface area contributed by atoms with Crippen LogP contribution in [0.2, 0.25) is 0 Å². The van der Waals surface area contributed by atoms with Crippen molar-refractivity contribution in [2.45, 2.75) is 32.1 Å². The van der Waals surface area contributed by atoms with Gasteiger partial charge in [0.2, 0.25) is 5.95 Å². The molecule has 6 nitrogen and oxygen atoms in total. The third-order valence-electron chi connectivity index (χ3n) is 4.11. The SMILES string of the molecule is C[C@H]1CCCc2sc3nc(NCCO)n4ncnc4c3c21. The van der Waals surface area contributed by atoms with Crippen LogP contribution in [0.3, 0.4) is 0 Å². The first-order valence-electron chi connectivity index (χ1n) is 7.29. The zero-order chi connectivity index (χ0) is 14.4. The second-order valence-electron chi connectivity index (χ2n) is 5.49. The number of rotatable bonds is 3. The summed E-state index contributed by atoms with van der Waals surface area (Å²) in [5.74, 6) is 1.20. The van der Waals surface area contributed by atoms with Gasteiger partial charge in [0.25, 0.3) is 0 Å². The van der Waals surface area contributed by atoms with Gasteiger partial charge in [-0.25, -0.2) is 9.97 Å². The van der Waals surface area contributed by atoms with Crippen molar-refractivity contribution < 1.29 is 5.11 Å². The summed E-state index contributed by atoms with van der Waals surface area (Å²) in [5.41, 5.74) is 2.28. The lowest BCUT2D eigenvalue weighted by molar-refractivity contribution is 0.310. The molecule has 21 heavy (non-hydrogen) atoms. The molecule has 0 radical (unpaired) electrons. The summed E-state index contributed by atoms with van der Waals surface area (Å²) in [7, 11) is 0. The molecule has 0 unspecified atom stereocenters. The number of aryl methyl sites for hydroxylation is 1. The van der Waals surface area contributed by atoms with Crippen LogP contribution < -0.4 is 5.32 Å². The first kappa shape index (κ1) is 13.0. The lowest BCUT2D eigenvalue weighted by Crippen LogP contribution is -2.11. The molecule has 3 heterocycles. The van der Waals surface area contributed by atoms with Gasteiger partial charge in [-0.1, -0.05) is 6.92 Å². The van der Waals surface area contributed by atoms with Crippen molar-refractivity contribution in [1.82, 2.24) is 19.6 Å². The van der Waals surface area contributed by atoms with E-state index in [9.17, 15) is 0 Å². The van der Waals surface area contributed by atoms with Gasteiger partial charge in [-0.3, -0.25) is 0 Å². The van der Waals surface area contributed by atoms with Crippen molar-refractivity contribution in [1.29, 1.82) is 0 Å². The summed E-state index contributed by atoms with van der Waals surface area (Å²) in [6.07, 6.45) is 5.18. The summed E-state index contributed by atoms with van der Waals surface area (Å²) in [5, 5.41) is 17.6. The number of aromatic nitrogens is 4. The summed E-state index contributed by atoms with van der Waals surface area (Å²) >= 11 is 1.77. The minimum atomic E-state index is 0.0634. The molecule has 7 heteroatoms. The Morgan fingerprint density at radius 3 is 3.29 bits per heavy atom. The van der Waals surface area contributed by atoms with E-state index in [0.29, 0.717) is 18.4 Å². The highest BCUT2D eigenvalue weighted by Gasteiger charge is 2.25. The van der Waals surface area contributed by atoms with E-state index in [-0.39, 0.29) is 6.61 Å². The van der Waals surface area contributed by atoms with Crippen molar-refractivity contribution in [2.24, 2.45) is 0 Å². The molecule has 0 spiro atoms. The summed E-state index contributed by atoms with van der Waals surface area (Å²) in [4.78, 5) is 11.6. The van der Waals surface area contributed by atoms with Gasteiger partial charge in [0, 0.05) is 11.4 Å². The van der Waals surface area contributed by atoms with Crippen molar-refractivity contribution in [2.75, 3.05) is 18.5 Å². The maximum Gasteiger partial charge on any atom is 0.227 e. The zero-order valence-corrected chi connectivity index (χ0v) is 12.7. The van der Waals surface area contributed by atoms with Crippen molar-refractivity contribution >= 4 is 33.1 Å². The second kappa shape index (κ2) is 4.92. The molecule has 0 saturated heterocycles. The Labute approximate surface area is 125 Å². The monoisotopic (exact) mass is 303 g/mol. The van der Waals surface area contributed by atoms with Crippen molar-refractivity contribution in [3.63, 3.8) is 0 Å². The molecule has 1 atom stereocenters. The Balaban J connectivity index is 2.01. The van der Waals surface area contributed by atoms with Gasteiger partial charge in [-0.15, -0.1) is 11.3 Å². The second-order valence-corrected chi connectivity index (χ2v) is 6.58. The summed E-state index contributed by atoms with van der Waals surface area (Å²) in [6, 6.07) is 0. The fraction of sp³-hybridized carbons (Fsp3) is 0.500. The van der Waals surface area contributed by atoms with Crippen molar-refractivity contribution in [3.05, 3.63) is 16.8 Å². The number of aliphatic hydroxyl groups excluding tert-OH is 1. The quantitative estimate of drug-likeness (QED) is 0.775. The topological polar surface area (TPSA) is 75.3 Å². The molecule has 4 rings (SSSR count). The summed E-state index contributed by atoms with van der Waals surface area (Å²) in [6.45, 7) is 2.80. The smallest absolute Gasteiger partial charge is 0.227 e. The van der Waals surface area contributed by atoms with Crippen LogP contribution >= 0.6 is 11.3 Å². The predicted molar refractivity (Wildman–Crippen MR) is 83.1 cm³/mol. The molecule has 0 aromatic carbocycles. The Bertz CT molecular complexity index is 809. The fourth-order valence-electron chi connectivity index (χ4n) is 3.18. The molecule has 2 N–H and O–H groups in total. The Kier molecular flexibility index (Phi) is 3.04. The minimum absolute atomic E-state index is 0.0634. The number of aliphatic hydroxyl groups is 1. The van der Waals surface area contributed by atoms with Crippen LogP contribution in [0.1, 0.15) is 36.1 Å². The highest BCUT2D eigenvalue weighted by Crippen LogP contribution is 2.43. The molecular weight excluding hydrogens is 286 g/mol. The average molecular weight is 303 g/mol. The van der Waals surface area contributed by atoms with Gasteiger partial charge in [0.15, 0.2) is 5.65 Å². The van der Waals surface area contributed by atoms with Gasteiger partial charge in [0.05, 0.1) is 12.0 Å². The first-order valence-corrected chi connectivity index (χ1v) is 8.11. The van der Waals surface area contributed by atoms with Gasteiger partial charge < -0.3 is 10.4 Å². The lowest BCUT2D eigenvalue weighted by Gasteiger charge is -2.18. The van der Waals surface area contributed by atoms with E-state index >= 15 is 0 Å². The highest BCUT2D eigenvalue weighted by atomic mass is 32.1. The van der Waals surface area contributed by atoms with E-state index in [1.54, 1.807) is 22.2 Å². The van der Waals surface area contributed by atoms with E-state index in [4.69, 9.17) is 10.1 Å². The number of nitrogens with one attached hydrogen (secondary N) is 1. The number of nitrogens with zero attached hydrogens (tertiary/aromatic N) is 4. The molecule has 3 aromatic rings. The third-order valence-corrected chi connectivity index (χ3v) is 5.27. The molecule has 0 amide bonds. The molecular formula is C14H17N5OS. The summed E-state index contributed by atoms with van der Waals surface area (Å²) < 4.78 is 1.74. The maximum absolute atomic E-state index is 9.00.